The van der Waals surface area contributed by atoms with Crippen molar-refractivity contribution < 1.29 is 13.2 Å². The van der Waals surface area contributed by atoms with E-state index in [1.165, 1.54) is 16.6 Å². The fourth-order valence-electron chi connectivity index (χ4n) is 4.05. The van der Waals surface area contributed by atoms with Crippen LogP contribution < -0.4 is 5.32 Å². The molecule has 1 atom stereocenters. The molecule has 176 valence electrons. The summed E-state index contributed by atoms with van der Waals surface area (Å²) in [5, 5.41) is 3.15. The third kappa shape index (κ3) is 5.58. The third-order valence-corrected chi connectivity index (χ3v) is 8.11. The van der Waals surface area contributed by atoms with Gasteiger partial charge < -0.3 is 14.8 Å². The lowest BCUT2D eigenvalue weighted by atomic mass is 10.1. The number of benzene rings is 1. The number of aromatic nitrogens is 1. The van der Waals surface area contributed by atoms with Crippen molar-refractivity contribution in [2.24, 2.45) is 7.05 Å². The van der Waals surface area contributed by atoms with E-state index in [1.54, 1.807) is 25.5 Å². The molecular weight excluding hydrogens is 426 g/mol. The van der Waals surface area contributed by atoms with Crippen molar-refractivity contribution in [3.63, 3.8) is 0 Å². The molecule has 8 nitrogen and oxygen atoms in total. The van der Waals surface area contributed by atoms with Crippen molar-refractivity contribution >= 4 is 15.9 Å². The van der Waals surface area contributed by atoms with Crippen LogP contribution in [-0.2, 0) is 17.1 Å². The van der Waals surface area contributed by atoms with Crippen LogP contribution in [0.4, 0.5) is 0 Å². The summed E-state index contributed by atoms with van der Waals surface area (Å²) in [6.07, 6.45) is 1.51. The molecule has 1 aliphatic heterocycles. The maximum atomic E-state index is 13.2. The number of nitrogens with zero attached hydrogens (tertiary/aromatic N) is 4. The molecule has 1 aromatic carbocycles. The van der Waals surface area contributed by atoms with Gasteiger partial charge in [-0.25, -0.2) is 8.42 Å². The molecule has 3 rings (SSSR count). The second kappa shape index (κ2) is 10.6. The summed E-state index contributed by atoms with van der Waals surface area (Å²) in [5.41, 5.74) is 1.36. The van der Waals surface area contributed by atoms with Crippen molar-refractivity contribution in [2.75, 3.05) is 52.9 Å². The first-order valence-electron chi connectivity index (χ1n) is 11.2. The van der Waals surface area contributed by atoms with E-state index >= 15 is 0 Å². The van der Waals surface area contributed by atoms with Crippen LogP contribution in [-0.4, -0.2) is 85.9 Å². The molecule has 1 saturated heterocycles. The lowest BCUT2D eigenvalue weighted by Crippen LogP contribution is -2.48. The summed E-state index contributed by atoms with van der Waals surface area (Å²) >= 11 is 0. The number of nitrogens with one attached hydrogen (secondary N) is 1. The monoisotopic (exact) mass is 461 g/mol. The summed E-state index contributed by atoms with van der Waals surface area (Å²) in [5.74, 6) is -0.281. The summed E-state index contributed by atoms with van der Waals surface area (Å²) in [4.78, 5) is 18.0. The Labute approximate surface area is 191 Å². The van der Waals surface area contributed by atoms with Crippen LogP contribution in [0.15, 0.2) is 47.5 Å². The van der Waals surface area contributed by atoms with Crippen molar-refractivity contribution in [1.29, 1.82) is 0 Å². The minimum atomic E-state index is -3.63. The molecule has 2 heterocycles. The number of likely N-dealkylation sites (N-methyl/N-ethyl adjacent to an activating group) is 1. The first kappa shape index (κ1) is 24.4. The van der Waals surface area contributed by atoms with Crippen LogP contribution in [0.5, 0.6) is 0 Å². The van der Waals surface area contributed by atoms with Gasteiger partial charge in [-0.2, -0.15) is 4.31 Å². The van der Waals surface area contributed by atoms with Gasteiger partial charge >= 0.3 is 0 Å². The molecule has 0 spiro atoms. The Bertz CT molecular complexity index is 994. The zero-order valence-corrected chi connectivity index (χ0v) is 20.3. The topological polar surface area (TPSA) is 77.9 Å². The number of hydrogen-bond acceptors (Lipinski definition) is 5. The zero-order valence-electron chi connectivity index (χ0n) is 19.5. The van der Waals surface area contributed by atoms with Gasteiger partial charge in [0.1, 0.15) is 10.6 Å². The molecule has 2 aromatic rings. The number of sulfonamides is 1. The summed E-state index contributed by atoms with van der Waals surface area (Å²) in [7, 11) is 0.195. The van der Waals surface area contributed by atoms with Gasteiger partial charge in [0.2, 0.25) is 10.0 Å². The fraction of sp³-hybridized carbons (Fsp3) is 0.522. The molecule has 1 amide bonds. The van der Waals surface area contributed by atoms with Crippen molar-refractivity contribution in [3.8, 4) is 0 Å². The van der Waals surface area contributed by atoms with E-state index in [9.17, 15) is 13.2 Å². The van der Waals surface area contributed by atoms with Gasteiger partial charge in [-0.15, -0.1) is 0 Å². The molecule has 1 N–H and O–H groups in total. The standard InChI is InChI=1S/C23H35N5O3S/c1-5-28(6-2)32(30,31)20-16-22(26(4)17-20)23(29)24-21(19-10-8-7-9-11-19)18-27-14-12-25(3)13-15-27/h7-11,16-17,21H,5-6,12-15,18H2,1-4H3,(H,24,29). The smallest absolute Gasteiger partial charge is 0.268 e. The largest absolute Gasteiger partial charge is 0.345 e. The second-order valence-electron chi connectivity index (χ2n) is 8.30. The first-order chi connectivity index (χ1) is 15.3. The van der Waals surface area contributed by atoms with Gasteiger partial charge in [-0.3, -0.25) is 9.69 Å². The Balaban J connectivity index is 1.81. The highest BCUT2D eigenvalue weighted by atomic mass is 32.2. The molecule has 1 unspecified atom stereocenters. The highest BCUT2D eigenvalue weighted by Crippen LogP contribution is 2.20. The van der Waals surface area contributed by atoms with E-state index in [-0.39, 0.29) is 16.8 Å². The minimum absolute atomic E-state index is 0.143. The Kier molecular flexibility index (Phi) is 8.10. The van der Waals surface area contributed by atoms with Gasteiger partial charge in [0.05, 0.1) is 6.04 Å². The molecule has 0 bridgehead atoms. The Morgan fingerprint density at radius 1 is 1.06 bits per heavy atom. The predicted octanol–water partition coefficient (Wildman–Crippen LogP) is 1.77. The molecule has 1 fully saturated rings. The number of hydrogen-bond donors (Lipinski definition) is 1. The van der Waals surface area contributed by atoms with Crippen LogP contribution in [0.1, 0.15) is 35.9 Å². The second-order valence-corrected chi connectivity index (χ2v) is 10.2. The van der Waals surface area contributed by atoms with Crippen LogP contribution in [0.25, 0.3) is 0 Å². The van der Waals surface area contributed by atoms with Crippen molar-refractivity contribution in [2.45, 2.75) is 24.8 Å². The number of aryl methyl sites for hydroxylation is 1. The van der Waals surface area contributed by atoms with Crippen LogP contribution in [0.3, 0.4) is 0 Å². The lowest BCUT2D eigenvalue weighted by molar-refractivity contribution is 0.0899. The maximum Gasteiger partial charge on any atom is 0.268 e. The quantitative estimate of drug-likeness (QED) is 0.616. The number of carbonyl (C=O) groups is 1. The van der Waals surface area contributed by atoms with Crippen molar-refractivity contribution in [3.05, 3.63) is 53.9 Å². The summed E-state index contributed by atoms with van der Waals surface area (Å²) in [6.45, 7) is 8.99. The predicted molar refractivity (Wildman–Crippen MR) is 126 cm³/mol. The van der Waals surface area contributed by atoms with Gasteiger partial charge in [0.25, 0.3) is 5.91 Å². The van der Waals surface area contributed by atoms with E-state index in [0.29, 0.717) is 25.3 Å². The van der Waals surface area contributed by atoms with E-state index in [1.807, 2.05) is 30.3 Å². The fourth-order valence-corrected chi connectivity index (χ4v) is 5.58. The molecule has 1 aliphatic rings. The van der Waals surface area contributed by atoms with Crippen LogP contribution in [0, 0.1) is 0 Å². The number of carbonyl (C=O) groups excluding carboxylic acids is 1. The molecule has 0 radical (unpaired) electrons. The molecular formula is C23H35N5O3S. The molecule has 1 aromatic heterocycles. The summed E-state index contributed by atoms with van der Waals surface area (Å²) < 4.78 is 28.8. The normalized spacial score (nSPS) is 16.9. The number of amides is 1. The highest BCUT2D eigenvalue weighted by Gasteiger charge is 2.27. The minimum Gasteiger partial charge on any atom is -0.345 e. The Morgan fingerprint density at radius 3 is 2.28 bits per heavy atom. The van der Waals surface area contributed by atoms with E-state index in [0.717, 1.165) is 31.7 Å². The third-order valence-electron chi connectivity index (χ3n) is 6.10. The van der Waals surface area contributed by atoms with Crippen LogP contribution >= 0.6 is 0 Å². The first-order valence-corrected chi connectivity index (χ1v) is 12.6. The number of rotatable bonds is 9. The average Bonchev–Trinajstić information content (AvgIpc) is 3.18. The Morgan fingerprint density at radius 2 is 1.69 bits per heavy atom. The molecule has 9 heteroatoms. The Hall–Kier alpha value is -2.20. The number of piperazine rings is 1. The summed E-state index contributed by atoms with van der Waals surface area (Å²) in [6, 6.07) is 11.2. The van der Waals surface area contributed by atoms with Gasteiger partial charge in [0.15, 0.2) is 0 Å². The molecule has 0 aliphatic carbocycles. The van der Waals surface area contributed by atoms with Gasteiger partial charge in [-0.1, -0.05) is 44.2 Å². The molecule has 0 saturated carbocycles. The van der Waals surface area contributed by atoms with E-state index in [4.69, 9.17) is 0 Å². The van der Waals surface area contributed by atoms with E-state index < -0.39 is 10.0 Å². The average molecular weight is 462 g/mol. The zero-order chi connectivity index (χ0) is 23.3. The highest BCUT2D eigenvalue weighted by molar-refractivity contribution is 7.89. The SMILES string of the molecule is CCN(CC)S(=O)(=O)c1cc(C(=O)NC(CN2CCN(C)CC2)c2ccccc2)n(C)c1. The lowest BCUT2D eigenvalue weighted by Gasteiger charge is -2.35. The molecule has 32 heavy (non-hydrogen) atoms. The maximum absolute atomic E-state index is 13.2. The van der Waals surface area contributed by atoms with Gasteiger partial charge in [-0.05, 0) is 18.7 Å². The van der Waals surface area contributed by atoms with Crippen molar-refractivity contribution in [1.82, 2.24) is 24.0 Å². The van der Waals surface area contributed by atoms with E-state index in [2.05, 4.69) is 22.2 Å². The van der Waals surface area contributed by atoms with Gasteiger partial charge in [0, 0.05) is 59.1 Å². The van der Waals surface area contributed by atoms with Crippen LogP contribution in [0.2, 0.25) is 0 Å².